The number of aryl methyl sites for hydroxylation is 2. The SMILES string of the molecule is COc1ccc(CN(C)Cc2cc(C)c(C)cc2O)cc1F. The van der Waals surface area contributed by atoms with Crippen molar-refractivity contribution in [2.24, 2.45) is 0 Å². The van der Waals surface area contributed by atoms with Gasteiger partial charge >= 0.3 is 0 Å². The highest BCUT2D eigenvalue weighted by Gasteiger charge is 2.09. The van der Waals surface area contributed by atoms with Gasteiger partial charge in [-0.3, -0.25) is 4.90 Å². The van der Waals surface area contributed by atoms with E-state index in [2.05, 4.69) is 0 Å². The van der Waals surface area contributed by atoms with Gasteiger partial charge in [-0.1, -0.05) is 12.1 Å². The lowest BCUT2D eigenvalue weighted by atomic mass is 10.0. The summed E-state index contributed by atoms with van der Waals surface area (Å²) >= 11 is 0. The van der Waals surface area contributed by atoms with Gasteiger partial charge in [0, 0.05) is 18.7 Å². The topological polar surface area (TPSA) is 32.7 Å². The Morgan fingerprint density at radius 2 is 1.77 bits per heavy atom. The zero-order valence-electron chi connectivity index (χ0n) is 13.5. The van der Waals surface area contributed by atoms with Crippen LogP contribution in [0.4, 0.5) is 4.39 Å². The van der Waals surface area contributed by atoms with Crippen molar-refractivity contribution in [3.63, 3.8) is 0 Å². The van der Waals surface area contributed by atoms with Crippen LogP contribution in [0.5, 0.6) is 11.5 Å². The molecule has 2 aromatic carbocycles. The van der Waals surface area contributed by atoms with Crippen LogP contribution in [0.1, 0.15) is 22.3 Å². The number of methoxy groups -OCH3 is 1. The Kier molecular flexibility index (Phi) is 5.03. The molecule has 1 N–H and O–H groups in total. The molecule has 22 heavy (non-hydrogen) atoms. The maximum Gasteiger partial charge on any atom is 0.165 e. The molecule has 0 fully saturated rings. The van der Waals surface area contributed by atoms with E-state index in [9.17, 15) is 9.50 Å². The Labute approximate surface area is 131 Å². The second kappa shape index (κ2) is 6.79. The molecule has 0 amide bonds. The minimum Gasteiger partial charge on any atom is -0.508 e. The Hall–Kier alpha value is -2.07. The highest BCUT2D eigenvalue weighted by atomic mass is 19.1. The summed E-state index contributed by atoms with van der Waals surface area (Å²) in [5, 5.41) is 10.0. The average Bonchev–Trinajstić information content (AvgIpc) is 2.45. The molecule has 2 aromatic rings. The van der Waals surface area contributed by atoms with Crippen LogP contribution in [-0.4, -0.2) is 24.2 Å². The second-order valence-electron chi connectivity index (χ2n) is 5.71. The minimum absolute atomic E-state index is 0.248. The van der Waals surface area contributed by atoms with Crippen LogP contribution in [0.25, 0.3) is 0 Å². The number of hydrogen-bond donors (Lipinski definition) is 1. The zero-order chi connectivity index (χ0) is 16.3. The molecule has 0 unspecified atom stereocenters. The standard InChI is InChI=1S/C18H22FNO2/c1-12-7-15(17(21)8-13(12)2)11-20(3)10-14-5-6-18(22-4)16(19)9-14/h5-9,21H,10-11H2,1-4H3. The molecule has 2 rings (SSSR count). The van der Waals surface area contributed by atoms with Gasteiger partial charge in [0.2, 0.25) is 0 Å². The van der Waals surface area contributed by atoms with E-state index in [4.69, 9.17) is 4.74 Å². The number of ether oxygens (including phenoxy) is 1. The summed E-state index contributed by atoms with van der Waals surface area (Å²) in [7, 11) is 3.39. The Bertz CT molecular complexity index is 670. The van der Waals surface area contributed by atoms with E-state index in [1.165, 1.54) is 13.2 Å². The molecule has 0 aliphatic rings. The third-order valence-corrected chi connectivity index (χ3v) is 3.80. The number of halogens is 1. The van der Waals surface area contributed by atoms with Gasteiger partial charge in [-0.05, 0) is 55.8 Å². The van der Waals surface area contributed by atoms with Gasteiger partial charge in [-0.25, -0.2) is 4.39 Å². The number of phenolic OH excluding ortho intramolecular Hbond substituents is 1. The molecule has 118 valence electrons. The molecule has 0 atom stereocenters. The number of benzene rings is 2. The van der Waals surface area contributed by atoms with Crippen molar-refractivity contribution >= 4 is 0 Å². The maximum atomic E-state index is 13.7. The lowest BCUT2D eigenvalue weighted by Gasteiger charge is -2.19. The molecule has 0 saturated carbocycles. The Balaban J connectivity index is 2.08. The number of phenols is 1. The van der Waals surface area contributed by atoms with E-state index >= 15 is 0 Å². The van der Waals surface area contributed by atoms with Crippen LogP contribution in [0.2, 0.25) is 0 Å². The van der Waals surface area contributed by atoms with E-state index in [-0.39, 0.29) is 11.6 Å². The molecule has 0 aliphatic heterocycles. The van der Waals surface area contributed by atoms with Gasteiger partial charge in [-0.2, -0.15) is 0 Å². The van der Waals surface area contributed by atoms with E-state index in [1.807, 2.05) is 37.9 Å². The lowest BCUT2D eigenvalue weighted by molar-refractivity contribution is 0.311. The molecule has 0 spiro atoms. The normalized spacial score (nSPS) is 11.0. The molecule has 0 aromatic heterocycles. The molecule has 4 heteroatoms. The first-order valence-electron chi connectivity index (χ1n) is 7.20. The van der Waals surface area contributed by atoms with Gasteiger partial charge in [0.05, 0.1) is 7.11 Å². The zero-order valence-corrected chi connectivity index (χ0v) is 13.5. The van der Waals surface area contributed by atoms with Crippen LogP contribution in [0, 0.1) is 19.7 Å². The fourth-order valence-corrected chi connectivity index (χ4v) is 2.45. The first-order valence-corrected chi connectivity index (χ1v) is 7.20. The molecule has 0 heterocycles. The lowest BCUT2D eigenvalue weighted by Crippen LogP contribution is -2.17. The maximum absolute atomic E-state index is 13.7. The Morgan fingerprint density at radius 1 is 1.09 bits per heavy atom. The van der Waals surface area contributed by atoms with Crippen molar-refractivity contribution in [2.75, 3.05) is 14.2 Å². The summed E-state index contributed by atoms with van der Waals surface area (Å²) in [4.78, 5) is 2.03. The number of aromatic hydroxyl groups is 1. The van der Waals surface area contributed by atoms with Crippen molar-refractivity contribution < 1.29 is 14.2 Å². The quantitative estimate of drug-likeness (QED) is 0.912. The van der Waals surface area contributed by atoms with Gasteiger partial charge in [0.1, 0.15) is 5.75 Å². The van der Waals surface area contributed by atoms with Crippen LogP contribution in [-0.2, 0) is 13.1 Å². The first-order chi connectivity index (χ1) is 10.4. The highest BCUT2D eigenvalue weighted by molar-refractivity contribution is 5.40. The summed E-state index contributed by atoms with van der Waals surface area (Å²) in [6.07, 6.45) is 0. The van der Waals surface area contributed by atoms with Gasteiger partial charge in [0.15, 0.2) is 11.6 Å². The highest BCUT2D eigenvalue weighted by Crippen LogP contribution is 2.24. The van der Waals surface area contributed by atoms with Gasteiger partial charge < -0.3 is 9.84 Å². The van der Waals surface area contributed by atoms with E-state index in [0.29, 0.717) is 18.8 Å². The van der Waals surface area contributed by atoms with E-state index in [0.717, 1.165) is 22.3 Å². The van der Waals surface area contributed by atoms with Crippen molar-refractivity contribution in [3.05, 3.63) is 58.4 Å². The first kappa shape index (κ1) is 16.3. The third-order valence-electron chi connectivity index (χ3n) is 3.80. The number of hydrogen-bond acceptors (Lipinski definition) is 3. The Morgan fingerprint density at radius 3 is 2.41 bits per heavy atom. The van der Waals surface area contributed by atoms with E-state index < -0.39 is 0 Å². The van der Waals surface area contributed by atoms with Crippen LogP contribution in [0.3, 0.4) is 0 Å². The van der Waals surface area contributed by atoms with E-state index in [1.54, 1.807) is 12.1 Å². The average molecular weight is 303 g/mol. The number of nitrogens with zero attached hydrogens (tertiary/aromatic N) is 1. The predicted molar refractivity (Wildman–Crippen MR) is 85.7 cm³/mol. The van der Waals surface area contributed by atoms with Gasteiger partial charge in [0.25, 0.3) is 0 Å². The molecule has 0 saturated heterocycles. The number of rotatable bonds is 5. The van der Waals surface area contributed by atoms with Crippen molar-refractivity contribution in [1.82, 2.24) is 4.90 Å². The van der Waals surface area contributed by atoms with Crippen LogP contribution < -0.4 is 4.74 Å². The fraction of sp³-hybridized carbons (Fsp3) is 0.333. The molecular formula is C18H22FNO2. The molecule has 0 aliphatic carbocycles. The van der Waals surface area contributed by atoms with Crippen molar-refractivity contribution in [2.45, 2.75) is 26.9 Å². The third kappa shape index (κ3) is 3.77. The summed E-state index contributed by atoms with van der Waals surface area (Å²) < 4.78 is 18.6. The summed E-state index contributed by atoms with van der Waals surface area (Å²) in [5.41, 5.74) is 3.96. The van der Waals surface area contributed by atoms with Crippen molar-refractivity contribution in [1.29, 1.82) is 0 Å². The van der Waals surface area contributed by atoms with Crippen LogP contribution >= 0.6 is 0 Å². The second-order valence-corrected chi connectivity index (χ2v) is 5.71. The molecule has 0 bridgehead atoms. The molecule has 0 radical (unpaired) electrons. The minimum atomic E-state index is -0.359. The predicted octanol–water partition coefficient (Wildman–Crippen LogP) is 3.79. The summed E-state index contributed by atoms with van der Waals surface area (Å²) in [6, 6.07) is 8.74. The summed E-state index contributed by atoms with van der Waals surface area (Å²) in [5.74, 6) is 0.191. The smallest absolute Gasteiger partial charge is 0.165 e. The summed E-state index contributed by atoms with van der Waals surface area (Å²) in [6.45, 7) is 5.19. The van der Waals surface area contributed by atoms with Gasteiger partial charge in [-0.15, -0.1) is 0 Å². The fourth-order valence-electron chi connectivity index (χ4n) is 2.45. The largest absolute Gasteiger partial charge is 0.508 e. The molecular weight excluding hydrogens is 281 g/mol. The monoisotopic (exact) mass is 303 g/mol. The van der Waals surface area contributed by atoms with Crippen LogP contribution in [0.15, 0.2) is 30.3 Å². The molecule has 3 nitrogen and oxygen atoms in total. The van der Waals surface area contributed by atoms with Crippen molar-refractivity contribution in [3.8, 4) is 11.5 Å².